The summed E-state index contributed by atoms with van der Waals surface area (Å²) in [5.74, 6) is 1.18. The van der Waals surface area contributed by atoms with E-state index in [1.54, 1.807) is 7.11 Å². The molecule has 0 bridgehead atoms. The molecule has 0 saturated carbocycles. The van der Waals surface area contributed by atoms with Crippen molar-refractivity contribution in [1.82, 2.24) is 4.98 Å². The molecule has 3 aromatic rings. The van der Waals surface area contributed by atoms with Gasteiger partial charge in [0.2, 0.25) is 0 Å². The van der Waals surface area contributed by atoms with Gasteiger partial charge in [-0.2, -0.15) is 0 Å². The van der Waals surface area contributed by atoms with Crippen LogP contribution in [-0.2, 0) is 10.2 Å². The Bertz CT molecular complexity index is 1010. The number of thiazole rings is 1. The number of aromatic nitrogens is 1. The van der Waals surface area contributed by atoms with Gasteiger partial charge in [-0.05, 0) is 35.7 Å². The van der Waals surface area contributed by atoms with E-state index in [1.807, 2.05) is 47.8 Å². The summed E-state index contributed by atoms with van der Waals surface area (Å²) in [5.41, 5.74) is 2.57. The van der Waals surface area contributed by atoms with Gasteiger partial charge in [0.25, 0.3) is 5.91 Å². The van der Waals surface area contributed by atoms with Crippen molar-refractivity contribution in [3.05, 3.63) is 57.9 Å². The van der Waals surface area contributed by atoms with Crippen LogP contribution in [0, 0.1) is 0 Å². The molecule has 0 aliphatic carbocycles. The van der Waals surface area contributed by atoms with Gasteiger partial charge in [0, 0.05) is 21.0 Å². The summed E-state index contributed by atoms with van der Waals surface area (Å²) in [4.78, 5) is 16.9. The number of nitrogens with zero attached hydrogens (tertiary/aromatic N) is 1. The molecule has 0 saturated heterocycles. The zero-order valence-corrected chi connectivity index (χ0v) is 19.2. The SMILES string of the molecule is COc1ccccc1-c1csc(NC(=O)COc2ccc(Br)cc2C(C)(C)C)n1. The normalized spacial score (nSPS) is 11.2. The minimum Gasteiger partial charge on any atom is -0.496 e. The van der Waals surface area contributed by atoms with Gasteiger partial charge in [0.15, 0.2) is 11.7 Å². The fraction of sp³-hybridized carbons (Fsp3) is 0.273. The molecule has 152 valence electrons. The standard InChI is InChI=1S/C22H23BrN2O3S/c1-22(2,3)16-11-14(23)9-10-19(16)28-12-20(26)25-21-24-17(13-29-21)15-7-5-6-8-18(15)27-4/h5-11,13H,12H2,1-4H3,(H,24,25,26). The Labute approximate surface area is 183 Å². The summed E-state index contributed by atoms with van der Waals surface area (Å²) in [6.45, 7) is 6.23. The van der Waals surface area contributed by atoms with Crippen molar-refractivity contribution >= 4 is 38.3 Å². The molecular weight excluding hydrogens is 452 g/mol. The smallest absolute Gasteiger partial charge is 0.264 e. The lowest BCUT2D eigenvalue weighted by molar-refractivity contribution is -0.118. The molecule has 7 heteroatoms. The number of halogens is 1. The summed E-state index contributed by atoms with van der Waals surface area (Å²) in [5, 5.41) is 5.21. The molecule has 1 aromatic heterocycles. The molecule has 5 nitrogen and oxygen atoms in total. The van der Waals surface area contributed by atoms with Crippen molar-refractivity contribution in [3.8, 4) is 22.8 Å². The number of hydrogen-bond acceptors (Lipinski definition) is 5. The molecule has 0 radical (unpaired) electrons. The first-order chi connectivity index (χ1) is 13.8. The molecular formula is C22H23BrN2O3S. The first-order valence-corrected chi connectivity index (χ1v) is 10.8. The first kappa shape index (κ1) is 21.3. The maximum atomic E-state index is 12.4. The van der Waals surface area contributed by atoms with Gasteiger partial charge in [-0.1, -0.05) is 48.8 Å². The van der Waals surface area contributed by atoms with Crippen molar-refractivity contribution in [2.75, 3.05) is 19.0 Å². The molecule has 1 N–H and O–H groups in total. The lowest BCUT2D eigenvalue weighted by Gasteiger charge is -2.23. The number of carbonyl (C=O) groups excluding carboxylic acids is 1. The third kappa shape index (κ3) is 5.36. The van der Waals surface area contributed by atoms with Crippen molar-refractivity contribution in [1.29, 1.82) is 0 Å². The third-order valence-corrected chi connectivity index (χ3v) is 5.49. The van der Waals surface area contributed by atoms with Gasteiger partial charge in [-0.3, -0.25) is 10.1 Å². The first-order valence-electron chi connectivity index (χ1n) is 9.09. The number of para-hydroxylation sites is 1. The molecule has 3 rings (SSSR count). The van der Waals surface area contributed by atoms with Crippen molar-refractivity contribution in [2.24, 2.45) is 0 Å². The Kier molecular flexibility index (Phi) is 6.59. The van der Waals surface area contributed by atoms with Gasteiger partial charge in [-0.25, -0.2) is 4.98 Å². The molecule has 0 spiro atoms. The number of carbonyl (C=O) groups is 1. The molecule has 1 amide bonds. The number of anilines is 1. The largest absolute Gasteiger partial charge is 0.496 e. The van der Waals surface area contributed by atoms with E-state index in [-0.39, 0.29) is 17.9 Å². The van der Waals surface area contributed by atoms with Gasteiger partial charge in [-0.15, -0.1) is 11.3 Å². The van der Waals surface area contributed by atoms with Crippen LogP contribution in [0.25, 0.3) is 11.3 Å². The molecule has 1 heterocycles. The Morgan fingerprint density at radius 1 is 1.17 bits per heavy atom. The average Bonchev–Trinajstić information content (AvgIpc) is 3.14. The number of amides is 1. The average molecular weight is 475 g/mol. The topological polar surface area (TPSA) is 60.5 Å². The number of nitrogens with one attached hydrogen (secondary N) is 1. The lowest BCUT2D eigenvalue weighted by Crippen LogP contribution is -2.22. The number of methoxy groups -OCH3 is 1. The molecule has 0 aliphatic heterocycles. The second-order valence-electron chi connectivity index (χ2n) is 7.47. The van der Waals surface area contributed by atoms with E-state index in [9.17, 15) is 4.79 Å². The van der Waals surface area contributed by atoms with Crippen LogP contribution in [0.3, 0.4) is 0 Å². The minimum atomic E-state index is -0.256. The Balaban J connectivity index is 1.66. The maximum absolute atomic E-state index is 12.4. The van der Waals surface area contributed by atoms with Crippen molar-refractivity contribution < 1.29 is 14.3 Å². The van der Waals surface area contributed by atoms with E-state index in [4.69, 9.17) is 9.47 Å². The second-order valence-corrected chi connectivity index (χ2v) is 9.24. The summed E-state index contributed by atoms with van der Waals surface area (Å²) in [6.07, 6.45) is 0. The van der Waals surface area contributed by atoms with E-state index in [0.717, 1.165) is 27.0 Å². The highest BCUT2D eigenvalue weighted by molar-refractivity contribution is 9.10. The quantitative estimate of drug-likeness (QED) is 0.483. The highest BCUT2D eigenvalue weighted by atomic mass is 79.9. The molecule has 0 aliphatic rings. The van der Waals surface area contributed by atoms with Crippen LogP contribution in [0.15, 0.2) is 52.3 Å². The van der Waals surface area contributed by atoms with E-state index in [0.29, 0.717) is 10.9 Å². The van der Waals surface area contributed by atoms with Gasteiger partial charge in [0.1, 0.15) is 11.5 Å². The zero-order chi connectivity index (χ0) is 21.0. The van der Waals surface area contributed by atoms with Gasteiger partial charge < -0.3 is 9.47 Å². The second kappa shape index (κ2) is 8.97. The Morgan fingerprint density at radius 2 is 1.93 bits per heavy atom. The summed E-state index contributed by atoms with van der Waals surface area (Å²) in [6, 6.07) is 13.4. The number of ether oxygens (including phenoxy) is 2. The van der Waals surface area contributed by atoms with Crippen LogP contribution < -0.4 is 14.8 Å². The predicted octanol–water partition coefficient (Wildman–Crippen LogP) is 5.90. The molecule has 2 aromatic carbocycles. The van der Waals surface area contributed by atoms with Crippen molar-refractivity contribution in [3.63, 3.8) is 0 Å². The third-order valence-electron chi connectivity index (χ3n) is 4.24. The van der Waals surface area contributed by atoms with E-state index in [2.05, 4.69) is 47.0 Å². The Morgan fingerprint density at radius 3 is 2.66 bits per heavy atom. The van der Waals surface area contributed by atoms with Gasteiger partial charge >= 0.3 is 0 Å². The zero-order valence-electron chi connectivity index (χ0n) is 16.8. The monoisotopic (exact) mass is 474 g/mol. The van der Waals surface area contributed by atoms with Crippen molar-refractivity contribution in [2.45, 2.75) is 26.2 Å². The van der Waals surface area contributed by atoms with E-state index < -0.39 is 0 Å². The Hall–Kier alpha value is -2.38. The number of rotatable bonds is 6. The van der Waals surface area contributed by atoms with Crippen LogP contribution in [0.5, 0.6) is 11.5 Å². The van der Waals surface area contributed by atoms with Gasteiger partial charge in [0.05, 0.1) is 12.8 Å². The maximum Gasteiger partial charge on any atom is 0.264 e. The van der Waals surface area contributed by atoms with E-state index in [1.165, 1.54) is 11.3 Å². The summed E-state index contributed by atoms with van der Waals surface area (Å²) < 4.78 is 12.2. The van der Waals surface area contributed by atoms with Crippen LogP contribution in [0.2, 0.25) is 0 Å². The lowest BCUT2D eigenvalue weighted by atomic mass is 9.86. The summed E-state index contributed by atoms with van der Waals surface area (Å²) >= 11 is 4.86. The molecule has 0 atom stereocenters. The molecule has 0 unspecified atom stereocenters. The summed E-state index contributed by atoms with van der Waals surface area (Å²) in [7, 11) is 1.62. The number of benzene rings is 2. The minimum absolute atomic E-state index is 0.0890. The van der Waals surface area contributed by atoms with Crippen LogP contribution in [0.1, 0.15) is 26.3 Å². The van der Waals surface area contributed by atoms with Crippen LogP contribution in [0.4, 0.5) is 5.13 Å². The van der Waals surface area contributed by atoms with Crippen LogP contribution >= 0.6 is 27.3 Å². The fourth-order valence-corrected chi connectivity index (χ4v) is 3.91. The van der Waals surface area contributed by atoms with E-state index >= 15 is 0 Å². The molecule has 0 fully saturated rings. The molecule has 29 heavy (non-hydrogen) atoms. The predicted molar refractivity (Wildman–Crippen MR) is 121 cm³/mol. The highest BCUT2D eigenvalue weighted by Gasteiger charge is 2.20. The highest BCUT2D eigenvalue weighted by Crippen LogP contribution is 2.34. The fourth-order valence-electron chi connectivity index (χ4n) is 2.82. The number of hydrogen-bond donors (Lipinski definition) is 1. The van der Waals surface area contributed by atoms with Crippen LogP contribution in [-0.4, -0.2) is 24.6 Å².